The SMILES string of the molecule is CNCc1ccccc1Sc1c[nH]c2c(C)cccc12. The smallest absolute Gasteiger partial charge is 0.0495 e. The molecule has 2 nitrogen and oxygen atoms in total. The Kier molecular flexibility index (Phi) is 3.81. The van der Waals surface area contributed by atoms with Gasteiger partial charge in [0.05, 0.1) is 0 Å². The molecular formula is C17H18N2S. The molecule has 0 radical (unpaired) electrons. The van der Waals surface area contributed by atoms with Crippen LogP contribution in [0.1, 0.15) is 11.1 Å². The summed E-state index contributed by atoms with van der Waals surface area (Å²) in [6.07, 6.45) is 2.11. The van der Waals surface area contributed by atoms with Gasteiger partial charge < -0.3 is 10.3 Å². The first-order chi connectivity index (χ1) is 9.79. The van der Waals surface area contributed by atoms with E-state index in [1.54, 1.807) is 0 Å². The molecule has 2 aromatic carbocycles. The molecule has 1 heterocycles. The largest absolute Gasteiger partial charge is 0.360 e. The summed E-state index contributed by atoms with van der Waals surface area (Å²) in [5, 5.41) is 4.53. The van der Waals surface area contributed by atoms with Crippen LogP contribution < -0.4 is 5.32 Å². The molecule has 0 aliphatic carbocycles. The molecule has 0 aliphatic heterocycles. The number of nitrogens with one attached hydrogen (secondary N) is 2. The normalized spacial score (nSPS) is 11.1. The monoisotopic (exact) mass is 282 g/mol. The highest BCUT2D eigenvalue weighted by molar-refractivity contribution is 7.99. The molecule has 0 saturated heterocycles. The highest BCUT2D eigenvalue weighted by Crippen LogP contribution is 2.36. The maximum absolute atomic E-state index is 3.39. The number of aromatic nitrogens is 1. The van der Waals surface area contributed by atoms with Crippen molar-refractivity contribution in [3.63, 3.8) is 0 Å². The Balaban J connectivity index is 2.00. The van der Waals surface area contributed by atoms with Gasteiger partial charge in [-0.15, -0.1) is 0 Å². The molecule has 3 aromatic rings. The standard InChI is InChI=1S/C17H18N2S/c1-12-6-5-8-14-16(11-19-17(12)14)20-15-9-4-3-7-13(15)10-18-2/h3-9,11,18-19H,10H2,1-2H3. The Labute approximate surface area is 123 Å². The molecule has 0 atom stereocenters. The zero-order valence-electron chi connectivity index (χ0n) is 11.7. The molecule has 0 spiro atoms. The number of para-hydroxylation sites is 1. The molecule has 1 aromatic heterocycles. The number of hydrogen-bond donors (Lipinski definition) is 2. The number of H-pyrrole nitrogens is 1. The Morgan fingerprint density at radius 3 is 2.75 bits per heavy atom. The fraction of sp³-hybridized carbons (Fsp3) is 0.176. The highest BCUT2D eigenvalue weighted by Gasteiger charge is 2.09. The molecule has 20 heavy (non-hydrogen) atoms. The number of benzene rings is 2. The third-order valence-corrected chi connectivity index (χ3v) is 4.62. The summed E-state index contributed by atoms with van der Waals surface area (Å²) in [4.78, 5) is 5.99. The maximum Gasteiger partial charge on any atom is 0.0495 e. The van der Waals surface area contributed by atoms with Gasteiger partial charge in [0.25, 0.3) is 0 Å². The van der Waals surface area contributed by atoms with Crippen molar-refractivity contribution in [3.8, 4) is 0 Å². The lowest BCUT2D eigenvalue weighted by Crippen LogP contribution is -2.05. The zero-order valence-corrected chi connectivity index (χ0v) is 12.6. The molecule has 3 heteroatoms. The summed E-state index contributed by atoms with van der Waals surface area (Å²) in [5.74, 6) is 0. The summed E-state index contributed by atoms with van der Waals surface area (Å²) in [5.41, 5.74) is 3.86. The van der Waals surface area contributed by atoms with Crippen molar-refractivity contribution in [2.45, 2.75) is 23.3 Å². The first kappa shape index (κ1) is 13.3. The van der Waals surface area contributed by atoms with Crippen LogP contribution in [0.4, 0.5) is 0 Å². The van der Waals surface area contributed by atoms with Gasteiger partial charge in [-0.05, 0) is 31.2 Å². The number of aromatic amines is 1. The summed E-state index contributed by atoms with van der Waals surface area (Å²) in [7, 11) is 1.98. The summed E-state index contributed by atoms with van der Waals surface area (Å²) < 4.78 is 0. The lowest BCUT2D eigenvalue weighted by molar-refractivity contribution is 0.803. The Morgan fingerprint density at radius 2 is 1.90 bits per heavy atom. The average Bonchev–Trinajstić information content (AvgIpc) is 2.86. The van der Waals surface area contributed by atoms with Gasteiger partial charge in [0, 0.05) is 33.4 Å². The van der Waals surface area contributed by atoms with Crippen LogP contribution in [0.25, 0.3) is 10.9 Å². The van der Waals surface area contributed by atoms with Gasteiger partial charge in [-0.3, -0.25) is 0 Å². The van der Waals surface area contributed by atoms with Crippen LogP contribution in [0.2, 0.25) is 0 Å². The first-order valence-electron chi connectivity index (χ1n) is 6.76. The average molecular weight is 282 g/mol. The maximum atomic E-state index is 3.39. The van der Waals surface area contributed by atoms with Gasteiger partial charge in [-0.25, -0.2) is 0 Å². The van der Waals surface area contributed by atoms with Crippen LogP contribution in [0, 0.1) is 6.92 Å². The van der Waals surface area contributed by atoms with E-state index in [2.05, 4.69) is 65.9 Å². The van der Waals surface area contributed by atoms with E-state index in [0.717, 1.165) is 6.54 Å². The van der Waals surface area contributed by atoms with E-state index in [0.29, 0.717) is 0 Å². The van der Waals surface area contributed by atoms with E-state index in [1.807, 2.05) is 18.8 Å². The minimum Gasteiger partial charge on any atom is -0.360 e. The van der Waals surface area contributed by atoms with Gasteiger partial charge in [0.2, 0.25) is 0 Å². The van der Waals surface area contributed by atoms with Gasteiger partial charge in [0.1, 0.15) is 0 Å². The highest BCUT2D eigenvalue weighted by atomic mass is 32.2. The molecular weight excluding hydrogens is 264 g/mol. The number of aryl methyl sites for hydroxylation is 1. The first-order valence-corrected chi connectivity index (χ1v) is 7.58. The molecule has 0 aliphatic rings. The third-order valence-electron chi connectivity index (χ3n) is 3.45. The third kappa shape index (κ3) is 2.47. The Bertz CT molecular complexity index is 731. The molecule has 102 valence electrons. The van der Waals surface area contributed by atoms with Crippen LogP contribution in [-0.4, -0.2) is 12.0 Å². The zero-order chi connectivity index (χ0) is 13.9. The lowest BCUT2D eigenvalue weighted by atomic mass is 10.2. The molecule has 2 N–H and O–H groups in total. The fourth-order valence-corrected chi connectivity index (χ4v) is 3.48. The molecule has 0 saturated carbocycles. The van der Waals surface area contributed by atoms with Gasteiger partial charge in [-0.2, -0.15) is 0 Å². The van der Waals surface area contributed by atoms with Crippen LogP contribution in [-0.2, 0) is 6.54 Å². The van der Waals surface area contributed by atoms with Crippen molar-refractivity contribution < 1.29 is 0 Å². The molecule has 3 rings (SSSR count). The second-order valence-corrected chi connectivity index (χ2v) is 5.97. The van der Waals surface area contributed by atoms with E-state index in [9.17, 15) is 0 Å². The minimum absolute atomic E-state index is 0.893. The lowest BCUT2D eigenvalue weighted by Gasteiger charge is -2.08. The van der Waals surface area contributed by atoms with Crippen molar-refractivity contribution in [3.05, 3.63) is 59.8 Å². The summed E-state index contributed by atoms with van der Waals surface area (Å²) in [6, 6.07) is 15.0. The Morgan fingerprint density at radius 1 is 1.05 bits per heavy atom. The van der Waals surface area contributed by atoms with Gasteiger partial charge in [-0.1, -0.05) is 48.2 Å². The van der Waals surface area contributed by atoms with Crippen molar-refractivity contribution in [2.75, 3.05) is 7.05 Å². The Hall–Kier alpha value is -1.71. The number of fused-ring (bicyclic) bond motifs is 1. The van der Waals surface area contributed by atoms with Crippen molar-refractivity contribution in [1.29, 1.82) is 0 Å². The minimum atomic E-state index is 0.893. The van der Waals surface area contributed by atoms with Crippen molar-refractivity contribution >= 4 is 22.7 Å². The van der Waals surface area contributed by atoms with Crippen LogP contribution in [0.3, 0.4) is 0 Å². The predicted molar refractivity (Wildman–Crippen MR) is 86.4 cm³/mol. The van der Waals surface area contributed by atoms with Crippen LogP contribution >= 0.6 is 11.8 Å². The fourth-order valence-electron chi connectivity index (χ4n) is 2.42. The van der Waals surface area contributed by atoms with E-state index in [-0.39, 0.29) is 0 Å². The van der Waals surface area contributed by atoms with Gasteiger partial charge in [0.15, 0.2) is 0 Å². The van der Waals surface area contributed by atoms with Crippen molar-refractivity contribution in [1.82, 2.24) is 10.3 Å². The second-order valence-electron chi connectivity index (χ2n) is 4.89. The number of hydrogen-bond acceptors (Lipinski definition) is 2. The molecule has 0 bridgehead atoms. The summed E-state index contributed by atoms with van der Waals surface area (Å²) >= 11 is 1.83. The van der Waals surface area contributed by atoms with Crippen LogP contribution in [0.5, 0.6) is 0 Å². The molecule has 0 amide bonds. The van der Waals surface area contributed by atoms with Crippen molar-refractivity contribution in [2.24, 2.45) is 0 Å². The predicted octanol–water partition coefficient (Wildman–Crippen LogP) is 4.35. The van der Waals surface area contributed by atoms with E-state index >= 15 is 0 Å². The van der Waals surface area contributed by atoms with E-state index in [4.69, 9.17) is 0 Å². The second kappa shape index (κ2) is 5.73. The van der Waals surface area contributed by atoms with Crippen LogP contribution in [0.15, 0.2) is 58.5 Å². The molecule has 0 unspecified atom stereocenters. The summed E-state index contributed by atoms with van der Waals surface area (Å²) in [6.45, 7) is 3.03. The molecule has 0 fully saturated rings. The topological polar surface area (TPSA) is 27.8 Å². The van der Waals surface area contributed by atoms with E-state index < -0.39 is 0 Å². The quantitative estimate of drug-likeness (QED) is 0.744. The van der Waals surface area contributed by atoms with Gasteiger partial charge >= 0.3 is 0 Å². The van der Waals surface area contributed by atoms with E-state index in [1.165, 1.54) is 31.8 Å². The number of rotatable bonds is 4.